The third-order valence-corrected chi connectivity index (χ3v) is 15.6. The van der Waals surface area contributed by atoms with Crippen LogP contribution in [-0.4, -0.2) is 36.4 Å². The van der Waals surface area contributed by atoms with Gasteiger partial charge in [-0.3, -0.25) is 9.59 Å². The number of aliphatic hydroxyl groups is 1. The summed E-state index contributed by atoms with van der Waals surface area (Å²) in [6.45, 7) is 4.04. The Kier molecular flexibility index (Phi) is 68.8. The molecule has 0 aliphatic rings. The maximum absolute atomic E-state index is 12.4. The van der Waals surface area contributed by atoms with Crippen LogP contribution in [0.3, 0.4) is 0 Å². The molecule has 1 atom stereocenters. The summed E-state index contributed by atoms with van der Waals surface area (Å²) in [6.07, 6.45) is 104. The molecule has 82 heavy (non-hydrogen) atoms. The molecular formula is C77H134O5. The van der Waals surface area contributed by atoms with Gasteiger partial charge in [0, 0.05) is 12.8 Å². The van der Waals surface area contributed by atoms with Crippen molar-refractivity contribution < 1.29 is 24.2 Å². The lowest BCUT2D eigenvalue weighted by atomic mass is 10.0. The van der Waals surface area contributed by atoms with Crippen LogP contribution in [0.2, 0.25) is 0 Å². The summed E-state index contributed by atoms with van der Waals surface area (Å²) < 4.78 is 10.8. The first-order valence-corrected chi connectivity index (χ1v) is 35.4. The van der Waals surface area contributed by atoms with Crippen LogP contribution in [-0.2, 0) is 19.1 Å². The Hall–Kier alpha value is -3.44. The number of allylic oxidation sites excluding steroid dienone is 18. The number of hydrogen-bond acceptors (Lipinski definition) is 5. The topological polar surface area (TPSA) is 72.8 Å². The maximum Gasteiger partial charge on any atom is 0.306 e. The van der Waals surface area contributed by atoms with Crippen LogP contribution < -0.4 is 0 Å². The molecule has 1 unspecified atom stereocenters. The van der Waals surface area contributed by atoms with Gasteiger partial charge in [0.05, 0.1) is 6.61 Å². The van der Waals surface area contributed by atoms with Crippen molar-refractivity contribution >= 4 is 11.9 Å². The van der Waals surface area contributed by atoms with Crippen LogP contribution in [0.1, 0.15) is 348 Å². The zero-order chi connectivity index (χ0) is 59.1. The van der Waals surface area contributed by atoms with Crippen molar-refractivity contribution in [1.29, 1.82) is 0 Å². The summed E-state index contributed by atoms with van der Waals surface area (Å²) >= 11 is 0. The van der Waals surface area contributed by atoms with Gasteiger partial charge in [0.1, 0.15) is 6.61 Å². The predicted octanol–water partition coefficient (Wildman–Crippen LogP) is 24.8. The zero-order valence-corrected chi connectivity index (χ0v) is 54.2. The Balaban J connectivity index is 3.44. The van der Waals surface area contributed by atoms with Crippen molar-refractivity contribution in [2.24, 2.45) is 0 Å². The third-order valence-electron chi connectivity index (χ3n) is 15.6. The Morgan fingerprint density at radius 2 is 0.524 bits per heavy atom. The first-order valence-electron chi connectivity index (χ1n) is 35.4. The monoisotopic (exact) mass is 1140 g/mol. The van der Waals surface area contributed by atoms with Crippen molar-refractivity contribution in [3.05, 3.63) is 109 Å². The van der Waals surface area contributed by atoms with Crippen LogP contribution in [0.15, 0.2) is 109 Å². The van der Waals surface area contributed by atoms with Gasteiger partial charge in [-0.05, 0) is 103 Å². The minimum atomic E-state index is -0.781. The lowest BCUT2D eigenvalue weighted by Gasteiger charge is -2.15. The van der Waals surface area contributed by atoms with E-state index in [0.717, 1.165) is 89.9 Å². The van der Waals surface area contributed by atoms with E-state index in [4.69, 9.17) is 9.47 Å². The summed E-state index contributed by atoms with van der Waals surface area (Å²) in [6, 6.07) is 0. The Labute approximate surface area is 510 Å². The molecule has 472 valence electrons. The van der Waals surface area contributed by atoms with Gasteiger partial charge in [0.25, 0.3) is 0 Å². The van der Waals surface area contributed by atoms with E-state index >= 15 is 0 Å². The summed E-state index contributed by atoms with van der Waals surface area (Å²) in [5.41, 5.74) is 0. The van der Waals surface area contributed by atoms with Gasteiger partial charge in [0.15, 0.2) is 6.10 Å². The second-order valence-electron chi connectivity index (χ2n) is 23.6. The number of ether oxygens (including phenoxy) is 2. The first-order chi connectivity index (χ1) is 40.6. The van der Waals surface area contributed by atoms with Gasteiger partial charge in [-0.15, -0.1) is 0 Å². The SMILES string of the molecule is CC/C=C\C/C=C\C/C=C\C/C=C\C/C=C\C/C=C\CCCCCCCCCCCCC(=O)OC(CO)COC(=O)CCCCCCCCCCCCCCCCCCCCCCCCCC/C=C\C/C=C\C/C=C\CCCCCCC. The second kappa shape index (κ2) is 71.8. The van der Waals surface area contributed by atoms with Crippen molar-refractivity contribution in [2.45, 2.75) is 354 Å². The summed E-state index contributed by atoms with van der Waals surface area (Å²) in [5, 5.41) is 9.70. The number of carbonyl (C=O) groups excluding carboxylic acids is 2. The number of carbonyl (C=O) groups is 2. The molecule has 0 spiro atoms. The molecule has 0 saturated heterocycles. The van der Waals surface area contributed by atoms with Crippen molar-refractivity contribution in [3.63, 3.8) is 0 Å². The van der Waals surface area contributed by atoms with Crippen LogP contribution >= 0.6 is 0 Å². The van der Waals surface area contributed by atoms with Gasteiger partial charge in [-0.25, -0.2) is 0 Å². The van der Waals surface area contributed by atoms with E-state index in [0.29, 0.717) is 12.8 Å². The molecule has 0 heterocycles. The molecule has 0 aromatic heterocycles. The van der Waals surface area contributed by atoms with E-state index in [-0.39, 0.29) is 25.2 Å². The lowest BCUT2D eigenvalue weighted by molar-refractivity contribution is -0.161. The molecule has 0 aliphatic carbocycles. The third kappa shape index (κ3) is 69.1. The minimum absolute atomic E-state index is 0.0689. The molecule has 0 aliphatic heterocycles. The molecule has 5 heteroatoms. The highest BCUT2D eigenvalue weighted by molar-refractivity contribution is 5.70. The second-order valence-corrected chi connectivity index (χ2v) is 23.6. The van der Waals surface area contributed by atoms with E-state index in [1.54, 1.807) is 0 Å². The molecule has 0 aromatic carbocycles. The number of rotatable bonds is 65. The Bertz CT molecular complexity index is 1570. The van der Waals surface area contributed by atoms with Gasteiger partial charge < -0.3 is 14.6 Å². The quantitative estimate of drug-likeness (QED) is 0.0373. The van der Waals surface area contributed by atoms with E-state index in [1.165, 1.54) is 231 Å². The zero-order valence-electron chi connectivity index (χ0n) is 54.2. The van der Waals surface area contributed by atoms with Crippen molar-refractivity contribution in [1.82, 2.24) is 0 Å². The maximum atomic E-state index is 12.4. The van der Waals surface area contributed by atoms with Crippen LogP contribution in [0.4, 0.5) is 0 Å². The van der Waals surface area contributed by atoms with Gasteiger partial charge in [0.2, 0.25) is 0 Å². The molecule has 0 saturated carbocycles. The van der Waals surface area contributed by atoms with Crippen LogP contribution in [0.25, 0.3) is 0 Å². The molecular weight excluding hydrogens is 1000 g/mol. The van der Waals surface area contributed by atoms with E-state index in [9.17, 15) is 14.7 Å². The normalized spacial score (nSPS) is 12.9. The Morgan fingerprint density at radius 1 is 0.293 bits per heavy atom. The van der Waals surface area contributed by atoms with Crippen LogP contribution in [0, 0.1) is 0 Å². The fourth-order valence-electron chi connectivity index (χ4n) is 10.3. The molecule has 0 amide bonds. The first kappa shape index (κ1) is 78.6. The molecule has 0 rings (SSSR count). The summed E-state index contributed by atoms with van der Waals surface area (Å²) in [5.74, 6) is -0.586. The summed E-state index contributed by atoms with van der Waals surface area (Å²) in [4.78, 5) is 24.7. The minimum Gasteiger partial charge on any atom is -0.462 e. The fourth-order valence-corrected chi connectivity index (χ4v) is 10.3. The largest absolute Gasteiger partial charge is 0.462 e. The van der Waals surface area contributed by atoms with Gasteiger partial charge >= 0.3 is 11.9 Å². The standard InChI is InChI=1S/C77H134O5/c1-3-5-7-9-11-13-15-17-19-21-23-25-27-29-31-33-34-35-36-37-38-39-40-41-42-44-45-47-49-51-53-55-57-59-61-63-65-67-69-71-76(79)81-74-75(73-78)82-77(80)72-70-68-66-64-62-60-58-56-54-52-50-48-46-43-32-30-28-26-24-22-20-18-16-14-12-10-8-6-4-2/h6,8,12,14-15,17-18,20-21,23-24,26-27,29-30,32,46,48,75,78H,3-5,7,9-11,13,16,19,22,25,28,31,33-45,47,49-74H2,1-2H3/b8-6-,14-12-,17-15-,20-18-,23-21-,26-24-,29-27-,32-30-,48-46-. The van der Waals surface area contributed by atoms with Gasteiger partial charge in [-0.2, -0.15) is 0 Å². The van der Waals surface area contributed by atoms with E-state index in [2.05, 4.69) is 123 Å². The number of unbranched alkanes of at least 4 members (excludes halogenated alkanes) is 39. The average Bonchev–Trinajstić information content (AvgIpc) is 3.49. The number of hydrogen-bond donors (Lipinski definition) is 1. The Morgan fingerprint density at radius 3 is 0.793 bits per heavy atom. The van der Waals surface area contributed by atoms with Crippen molar-refractivity contribution in [2.75, 3.05) is 13.2 Å². The summed E-state index contributed by atoms with van der Waals surface area (Å²) in [7, 11) is 0. The molecule has 0 radical (unpaired) electrons. The molecule has 0 bridgehead atoms. The highest BCUT2D eigenvalue weighted by Crippen LogP contribution is 2.18. The smallest absolute Gasteiger partial charge is 0.306 e. The fraction of sp³-hybridized carbons (Fsp3) is 0.740. The predicted molar refractivity (Wildman–Crippen MR) is 362 cm³/mol. The molecule has 0 aromatic rings. The number of aliphatic hydroxyl groups excluding tert-OH is 1. The van der Waals surface area contributed by atoms with Crippen molar-refractivity contribution in [3.8, 4) is 0 Å². The van der Waals surface area contributed by atoms with Gasteiger partial charge in [-0.1, -0.05) is 342 Å². The van der Waals surface area contributed by atoms with E-state index < -0.39 is 6.10 Å². The van der Waals surface area contributed by atoms with Crippen LogP contribution in [0.5, 0.6) is 0 Å². The lowest BCUT2D eigenvalue weighted by Crippen LogP contribution is -2.28. The molecule has 5 nitrogen and oxygen atoms in total. The highest BCUT2D eigenvalue weighted by Gasteiger charge is 2.16. The molecule has 1 N–H and O–H groups in total. The number of esters is 2. The molecule has 0 fully saturated rings. The average molecular weight is 1140 g/mol. The van der Waals surface area contributed by atoms with E-state index in [1.807, 2.05) is 0 Å². The highest BCUT2D eigenvalue weighted by atomic mass is 16.6.